The zero-order valence-electron chi connectivity index (χ0n) is 12.4. The third-order valence-corrected chi connectivity index (χ3v) is 3.27. The fourth-order valence-electron chi connectivity index (χ4n) is 2.19. The van der Waals surface area contributed by atoms with Crippen molar-refractivity contribution in [1.29, 1.82) is 0 Å². The van der Waals surface area contributed by atoms with Crippen molar-refractivity contribution in [2.45, 2.75) is 26.7 Å². The molecule has 1 heterocycles. The van der Waals surface area contributed by atoms with E-state index in [-0.39, 0.29) is 0 Å². The van der Waals surface area contributed by atoms with E-state index in [9.17, 15) is 0 Å². The van der Waals surface area contributed by atoms with Gasteiger partial charge in [-0.3, -0.25) is 4.98 Å². The molecule has 0 aliphatic rings. The lowest BCUT2D eigenvalue weighted by atomic mass is 10.1. The maximum absolute atomic E-state index is 5.82. The summed E-state index contributed by atoms with van der Waals surface area (Å²) in [6, 6.07) is 10.0. The third kappa shape index (κ3) is 4.49. The van der Waals surface area contributed by atoms with Crippen LogP contribution in [0.2, 0.25) is 0 Å². The van der Waals surface area contributed by atoms with Gasteiger partial charge in [0.2, 0.25) is 0 Å². The van der Waals surface area contributed by atoms with Crippen molar-refractivity contribution in [3.63, 3.8) is 0 Å². The van der Waals surface area contributed by atoms with Gasteiger partial charge in [0.25, 0.3) is 0 Å². The molecule has 0 aliphatic carbocycles. The number of hydrogen-bond donors (Lipinski definition) is 1. The maximum atomic E-state index is 5.82. The smallest absolute Gasteiger partial charge is 0.145 e. The fourth-order valence-corrected chi connectivity index (χ4v) is 2.19. The van der Waals surface area contributed by atoms with Gasteiger partial charge in [0, 0.05) is 18.1 Å². The molecule has 0 amide bonds. The van der Waals surface area contributed by atoms with Crippen LogP contribution in [0.3, 0.4) is 0 Å². The highest BCUT2D eigenvalue weighted by Crippen LogP contribution is 2.22. The second-order valence-corrected chi connectivity index (χ2v) is 5.47. The molecule has 3 nitrogen and oxygen atoms in total. The molecule has 1 aromatic carbocycles. The molecule has 0 saturated heterocycles. The van der Waals surface area contributed by atoms with Gasteiger partial charge in [-0.2, -0.15) is 0 Å². The van der Waals surface area contributed by atoms with Crippen molar-refractivity contribution < 1.29 is 4.74 Å². The number of ether oxygens (including phenoxy) is 1. The summed E-state index contributed by atoms with van der Waals surface area (Å²) in [5, 5.41) is 4.53. The van der Waals surface area contributed by atoms with E-state index >= 15 is 0 Å². The lowest BCUT2D eigenvalue weighted by molar-refractivity contribution is 0.316. The number of pyridine rings is 1. The Bertz CT molecular complexity index is 520. The molecule has 0 radical (unpaired) electrons. The predicted octanol–water partition coefficient (Wildman–Crippen LogP) is 3.64. The highest BCUT2D eigenvalue weighted by molar-refractivity contribution is 5.84. The average Bonchev–Trinajstić information content (AvgIpc) is 2.46. The van der Waals surface area contributed by atoms with Gasteiger partial charge in [-0.05, 0) is 37.4 Å². The zero-order valence-corrected chi connectivity index (χ0v) is 12.4. The third-order valence-electron chi connectivity index (χ3n) is 3.27. The molecule has 0 saturated carbocycles. The van der Waals surface area contributed by atoms with Crippen molar-refractivity contribution >= 4 is 10.9 Å². The standard InChI is InChI=1S/C17H24N2O/c1-14(2)6-4-10-18-12-13-20-16-9-3-7-15-8-5-11-19-17(15)16/h3,5,7-9,11,14,18H,4,6,10,12-13H2,1-2H3. The fraction of sp³-hybridized carbons (Fsp3) is 0.471. The van der Waals surface area contributed by atoms with Crippen LogP contribution in [-0.4, -0.2) is 24.7 Å². The quantitative estimate of drug-likeness (QED) is 0.745. The Labute approximate surface area is 121 Å². The molecule has 0 unspecified atom stereocenters. The monoisotopic (exact) mass is 272 g/mol. The molecule has 0 aliphatic heterocycles. The number of fused-ring (bicyclic) bond motifs is 1. The van der Waals surface area contributed by atoms with Crippen LogP contribution in [-0.2, 0) is 0 Å². The Hall–Kier alpha value is -1.61. The van der Waals surface area contributed by atoms with Crippen molar-refractivity contribution in [3.05, 3.63) is 36.5 Å². The summed E-state index contributed by atoms with van der Waals surface area (Å²) in [5.74, 6) is 1.65. The summed E-state index contributed by atoms with van der Waals surface area (Å²) < 4.78 is 5.82. The largest absolute Gasteiger partial charge is 0.490 e. The SMILES string of the molecule is CC(C)CCCNCCOc1cccc2cccnc12. The van der Waals surface area contributed by atoms with Gasteiger partial charge in [0.15, 0.2) is 0 Å². The molecule has 0 spiro atoms. The minimum Gasteiger partial charge on any atom is -0.490 e. The van der Waals surface area contributed by atoms with Gasteiger partial charge in [0.1, 0.15) is 17.9 Å². The molecular formula is C17H24N2O. The number of rotatable bonds is 8. The minimum atomic E-state index is 0.678. The first kappa shape index (κ1) is 14.8. The number of nitrogens with zero attached hydrogens (tertiary/aromatic N) is 1. The van der Waals surface area contributed by atoms with E-state index in [1.165, 1.54) is 12.8 Å². The number of aromatic nitrogens is 1. The van der Waals surface area contributed by atoms with E-state index in [1.807, 2.05) is 18.2 Å². The maximum Gasteiger partial charge on any atom is 0.145 e. The van der Waals surface area contributed by atoms with Crippen molar-refractivity contribution in [2.75, 3.05) is 19.7 Å². The summed E-state index contributed by atoms with van der Waals surface area (Å²) in [6.07, 6.45) is 4.31. The first-order valence-corrected chi connectivity index (χ1v) is 7.44. The highest BCUT2D eigenvalue weighted by Gasteiger charge is 2.02. The molecule has 2 rings (SSSR count). The van der Waals surface area contributed by atoms with Gasteiger partial charge >= 0.3 is 0 Å². The molecule has 0 fully saturated rings. The van der Waals surface area contributed by atoms with Crippen LogP contribution in [0.5, 0.6) is 5.75 Å². The van der Waals surface area contributed by atoms with E-state index in [0.717, 1.165) is 35.7 Å². The zero-order chi connectivity index (χ0) is 14.2. The Morgan fingerprint density at radius 1 is 1.15 bits per heavy atom. The van der Waals surface area contributed by atoms with Gasteiger partial charge in [0.05, 0.1) is 0 Å². The number of benzene rings is 1. The molecule has 0 atom stereocenters. The second kappa shape index (κ2) is 7.85. The predicted molar refractivity (Wildman–Crippen MR) is 84.2 cm³/mol. The minimum absolute atomic E-state index is 0.678. The summed E-state index contributed by atoms with van der Waals surface area (Å²) in [4.78, 5) is 4.38. The molecule has 1 N–H and O–H groups in total. The molecule has 20 heavy (non-hydrogen) atoms. The molecular weight excluding hydrogens is 248 g/mol. The first-order chi connectivity index (χ1) is 9.77. The van der Waals surface area contributed by atoms with Gasteiger partial charge < -0.3 is 10.1 Å². The van der Waals surface area contributed by atoms with E-state index in [0.29, 0.717) is 6.61 Å². The summed E-state index contributed by atoms with van der Waals surface area (Å²) in [5.41, 5.74) is 0.940. The summed E-state index contributed by atoms with van der Waals surface area (Å²) in [7, 11) is 0. The van der Waals surface area contributed by atoms with Crippen LogP contribution >= 0.6 is 0 Å². The highest BCUT2D eigenvalue weighted by atomic mass is 16.5. The lowest BCUT2D eigenvalue weighted by Crippen LogP contribution is -2.22. The Morgan fingerprint density at radius 2 is 2.00 bits per heavy atom. The molecule has 108 valence electrons. The summed E-state index contributed by atoms with van der Waals surface area (Å²) >= 11 is 0. The Morgan fingerprint density at radius 3 is 2.85 bits per heavy atom. The second-order valence-electron chi connectivity index (χ2n) is 5.47. The topological polar surface area (TPSA) is 34.1 Å². The average molecular weight is 272 g/mol. The number of para-hydroxylation sites is 1. The van der Waals surface area contributed by atoms with Crippen molar-refractivity contribution in [2.24, 2.45) is 5.92 Å². The normalized spacial score (nSPS) is 11.2. The number of nitrogens with one attached hydrogen (secondary N) is 1. The first-order valence-electron chi connectivity index (χ1n) is 7.44. The van der Waals surface area contributed by atoms with Crippen molar-refractivity contribution in [1.82, 2.24) is 10.3 Å². The van der Waals surface area contributed by atoms with Crippen LogP contribution in [0.15, 0.2) is 36.5 Å². The van der Waals surface area contributed by atoms with Gasteiger partial charge in [-0.1, -0.05) is 32.0 Å². The molecule has 2 aromatic rings. The van der Waals surface area contributed by atoms with Crippen LogP contribution in [0.1, 0.15) is 26.7 Å². The molecule has 1 aromatic heterocycles. The van der Waals surface area contributed by atoms with E-state index in [4.69, 9.17) is 4.74 Å². The van der Waals surface area contributed by atoms with Crippen LogP contribution < -0.4 is 10.1 Å². The van der Waals surface area contributed by atoms with Crippen LogP contribution in [0.4, 0.5) is 0 Å². The van der Waals surface area contributed by atoms with E-state index in [2.05, 4.69) is 36.3 Å². The lowest BCUT2D eigenvalue weighted by Gasteiger charge is -2.10. The van der Waals surface area contributed by atoms with E-state index in [1.54, 1.807) is 6.20 Å². The van der Waals surface area contributed by atoms with E-state index < -0.39 is 0 Å². The van der Waals surface area contributed by atoms with Crippen LogP contribution in [0, 0.1) is 5.92 Å². The Kier molecular flexibility index (Phi) is 5.81. The van der Waals surface area contributed by atoms with Crippen LogP contribution in [0.25, 0.3) is 10.9 Å². The summed E-state index contributed by atoms with van der Waals surface area (Å²) in [6.45, 7) is 7.14. The Balaban J connectivity index is 1.73. The van der Waals surface area contributed by atoms with Gasteiger partial charge in [-0.15, -0.1) is 0 Å². The number of hydrogen-bond acceptors (Lipinski definition) is 3. The van der Waals surface area contributed by atoms with Crippen molar-refractivity contribution in [3.8, 4) is 5.75 Å². The molecule has 3 heteroatoms. The van der Waals surface area contributed by atoms with Gasteiger partial charge in [-0.25, -0.2) is 0 Å². The molecule has 0 bridgehead atoms.